The SMILES string of the molecule is CC(O)(Cn1cc(F)cn1)C(=O)O. The summed E-state index contributed by atoms with van der Waals surface area (Å²) in [6, 6.07) is 0. The third-order valence-electron chi connectivity index (χ3n) is 1.53. The molecule has 0 aliphatic carbocycles. The summed E-state index contributed by atoms with van der Waals surface area (Å²) >= 11 is 0. The molecule has 0 amide bonds. The number of carbonyl (C=O) groups is 1. The summed E-state index contributed by atoms with van der Waals surface area (Å²) in [5.74, 6) is -1.94. The highest BCUT2D eigenvalue weighted by Gasteiger charge is 2.30. The lowest BCUT2D eigenvalue weighted by molar-refractivity contribution is -0.158. The number of halogens is 1. The highest BCUT2D eigenvalue weighted by atomic mass is 19.1. The first-order valence-corrected chi connectivity index (χ1v) is 3.55. The van der Waals surface area contributed by atoms with E-state index in [9.17, 15) is 14.3 Å². The summed E-state index contributed by atoms with van der Waals surface area (Å²) in [4.78, 5) is 10.4. The lowest BCUT2D eigenvalue weighted by Gasteiger charge is -2.16. The summed E-state index contributed by atoms with van der Waals surface area (Å²) < 4.78 is 13.4. The monoisotopic (exact) mass is 188 g/mol. The smallest absolute Gasteiger partial charge is 0.337 e. The van der Waals surface area contributed by atoms with Gasteiger partial charge in [-0.15, -0.1) is 0 Å². The highest BCUT2D eigenvalue weighted by molar-refractivity contribution is 5.76. The zero-order valence-electron chi connectivity index (χ0n) is 6.94. The topological polar surface area (TPSA) is 75.3 Å². The average molecular weight is 188 g/mol. The van der Waals surface area contributed by atoms with Crippen molar-refractivity contribution < 1.29 is 19.4 Å². The number of nitrogens with zero attached hydrogens (tertiary/aromatic N) is 2. The van der Waals surface area contributed by atoms with E-state index in [-0.39, 0.29) is 6.54 Å². The van der Waals surface area contributed by atoms with Crippen LogP contribution in [0.25, 0.3) is 0 Å². The van der Waals surface area contributed by atoms with Crippen LogP contribution < -0.4 is 0 Å². The van der Waals surface area contributed by atoms with E-state index in [1.807, 2.05) is 0 Å². The van der Waals surface area contributed by atoms with Gasteiger partial charge in [0, 0.05) is 0 Å². The van der Waals surface area contributed by atoms with Gasteiger partial charge in [0.1, 0.15) is 0 Å². The van der Waals surface area contributed by atoms with Gasteiger partial charge < -0.3 is 10.2 Å². The number of carboxylic acid groups (broad SMARTS) is 1. The van der Waals surface area contributed by atoms with Gasteiger partial charge in [-0.1, -0.05) is 0 Å². The van der Waals surface area contributed by atoms with Gasteiger partial charge in [0.2, 0.25) is 0 Å². The highest BCUT2D eigenvalue weighted by Crippen LogP contribution is 2.07. The largest absolute Gasteiger partial charge is 0.479 e. The first-order chi connectivity index (χ1) is 5.92. The Morgan fingerprint density at radius 2 is 2.46 bits per heavy atom. The van der Waals surface area contributed by atoms with E-state index in [1.165, 1.54) is 0 Å². The van der Waals surface area contributed by atoms with Crippen LogP contribution in [-0.2, 0) is 11.3 Å². The average Bonchev–Trinajstić information content (AvgIpc) is 2.34. The quantitative estimate of drug-likeness (QED) is 0.692. The molecule has 0 radical (unpaired) electrons. The molecule has 0 aromatic carbocycles. The first-order valence-electron chi connectivity index (χ1n) is 3.55. The van der Waals surface area contributed by atoms with E-state index in [4.69, 9.17) is 5.11 Å². The Hall–Kier alpha value is -1.43. The molecule has 13 heavy (non-hydrogen) atoms. The van der Waals surface area contributed by atoms with Crippen molar-refractivity contribution in [1.29, 1.82) is 0 Å². The fourth-order valence-electron chi connectivity index (χ4n) is 0.808. The van der Waals surface area contributed by atoms with Gasteiger partial charge in [-0.3, -0.25) is 4.68 Å². The third-order valence-corrected chi connectivity index (χ3v) is 1.53. The number of aromatic nitrogens is 2. The third kappa shape index (κ3) is 2.25. The van der Waals surface area contributed by atoms with E-state index in [1.54, 1.807) is 0 Å². The van der Waals surface area contributed by atoms with Crippen LogP contribution in [0.4, 0.5) is 4.39 Å². The van der Waals surface area contributed by atoms with Crippen LogP contribution in [0.15, 0.2) is 12.4 Å². The Kier molecular flexibility index (Phi) is 2.33. The standard InChI is InChI=1S/C7H9FN2O3/c1-7(13,6(11)12)4-10-3-5(8)2-9-10/h2-3,13H,4H2,1H3,(H,11,12). The Labute approximate surface area is 73.4 Å². The van der Waals surface area contributed by atoms with Gasteiger partial charge in [-0.05, 0) is 6.92 Å². The van der Waals surface area contributed by atoms with Gasteiger partial charge in [-0.2, -0.15) is 5.10 Å². The van der Waals surface area contributed by atoms with Gasteiger partial charge >= 0.3 is 5.97 Å². The normalized spacial score (nSPS) is 15.3. The zero-order chi connectivity index (χ0) is 10.1. The molecule has 72 valence electrons. The molecule has 0 aliphatic rings. The fourth-order valence-corrected chi connectivity index (χ4v) is 0.808. The predicted octanol–water partition coefficient (Wildman–Crippen LogP) is -0.142. The van der Waals surface area contributed by atoms with Gasteiger partial charge in [0.05, 0.1) is 18.9 Å². The molecule has 0 fully saturated rings. The van der Waals surface area contributed by atoms with Crippen LogP contribution in [0.5, 0.6) is 0 Å². The minimum absolute atomic E-state index is 0.285. The second kappa shape index (κ2) is 3.14. The summed E-state index contributed by atoms with van der Waals surface area (Å²) in [6.07, 6.45) is 1.95. The Morgan fingerprint density at radius 3 is 2.85 bits per heavy atom. The molecule has 1 aromatic rings. The van der Waals surface area contributed by atoms with Crippen LogP contribution in [0, 0.1) is 5.82 Å². The van der Waals surface area contributed by atoms with Crippen molar-refractivity contribution in [2.24, 2.45) is 0 Å². The molecule has 1 atom stereocenters. The van der Waals surface area contributed by atoms with E-state index in [0.717, 1.165) is 24.0 Å². The summed E-state index contributed by atoms with van der Waals surface area (Å²) in [5, 5.41) is 21.3. The lowest BCUT2D eigenvalue weighted by Crippen LogP contribution is -2.39. The van der Waals surface area contributed by atoms with Crippen LogP contribution >= 0.6 is 0 Å². The Balaban J connectivity index is 2.74. The van der Waals surface area contributed by atoms with Crippen molar-refractivity contribution in [3.05, 3.63) is 18.2 Å². The van der Waals surface area contributed by atoms with Crippen molar-refractivity contribution in [2.75, 3.05) is 0 Å². The minimum Gasteiger partial charge on any atom is -0.479 e. The molecule has 1 aromatic heterocycles. The van der Waals surface area contributed by atoms with Gasteiger partial charge in [0.25, 0.3) is 0 Å². The molecule has 0 spiro atoms. The van der Waals surface area contributed by atoms with Crippen molar-refractivity contribution in [3.63, 3.8) is 0 Å². The zero-order valence-corrected chi connectivity index (χ0v) is 6.94. The van der Waals surface area contributed by atoms with E-state index >= 15 is 0 Å². The van der Waals surface area contributed by atoms with Crippen molar-refractivity contribution in [2.45, 2.75) is 19.1 Å². The molecule has 0 aliphatic heterocycles. The molecular formula is C7H9FN2O3. The fraction of sp³-hybridized carbons (Fsp3) is 0.429. The van der Waals surface area contributed by atoms with E-state index in [0.29, 0.717) is 0 Å². The maximum atomic E-state index is 12.4. The van der Waals surface area contributed by atoms with Gasteiger partial charge in [0.15, 0.2) is 11.4 Å². The molecule has 2 N–H and O–H groups in total. The van der Waals surface area contributed by atoms with Crippen LogP contribution in [0.1, 0.15) is 6.92 Å². The van der Waals surface area contributed by atoms with E-state index < -0.39 is 17.4 Å². The molecule has 6 heteroatoms. The maximum Gasteiger partial charge on any atom is 0.337 e. The number of rotatable bonds is 3. The molecular weight excluding hydrogens is 179 g/mol. The molecule has 1 rings (SSSR count). The number of carboxylic acids is 1. The van der Waals surface area contributed by atoms with Gasteiger partial charge in [-0.25, -0.2) is 9.18 Å². The number of aliphatic hydroxyl groups is 1. The maximum absolute atomic E-state index is 12.4. The van der Waals surface area contributed by atoms with Crippen molar-refractivity contribution in [1.82, 2.24) is 9.78 Å². The number of hydrogen-bond donors (Lipinski definition) is 2. The lowest BCUT2D eigenvalue weighted by atomic mass is 10.1. The Morgan fingerprint density at radius 1 is 1.85 bits per heavy atom. The first kappa shape index (κ1) is 9.66. The summed E-state index contributed by atoms with van der Waals surface area (Å²) in [6.45, 7) is 0.834. The molecule has 0 bridgehead atoms. The Bertz CT molecular complexity index is 321. The summed E-state index contributed by atoms with van der Waals surface area (Å²) in [5.41, 5.74) is -1.93. The van der Waals surface area contributed by atoms with E-state index in [2.05, 4.69) is 5.10 Å². The molecule has 1 heterocycles. The second-order valence-corrected chi connectivity index (χ2v) is 2.94. The molecule has 0 saturated heterocycles. The number of aliphatic carboxylic acids is 1. The summed E-state index contributed by atoms with van der Waals surface area (Å²) in [7, 11) is 0. The number of hydrogen-bond acceptors (Lipinski definition) is 3. The van der Waals surface area contributed by atoms with Crippen LogP contribution in [0.3, 0.4) is 0 Å². The molecule has 5 nitrogen and oxygen atoms in total. The van der Waals surface area contributed by atoms with Crippen molar-refractivity contribution in [3.8, 4) is 0 Å². The minimum atomic E-state index is -1.93. The van der Waals surface area contributed by atoms with Crippen LogP contribution in [0.2, 0.25) is 0 Å². The molecule has 1 unspecified atom stereocenters. The van der Waals surface area contributed by atoms with Crippen LogP contribution in [-0.4, -0.2) is 31.6 Å². The predicted molar refractivity (Wildman–Crippen MR) is 40.4 cm³/mol. The van der Waals surface area contributed by atoms with Crippen molar-refractivity contribution >= 4 is 5.97 Å². The molecule has 0 saturated carbocycles. The second-order valence-electron chi connectivity index (χ2n) is 2.94.